The summed E-state index contributed by atoms with van der Waals surface area (Å²) in [5.41, 5.74) is 2.22. The summed E-state index contributed by atoms with van der Waals surface area (Å²) in [5.74, 6) is 1.20. The Bertz CT molecular complexity index is 903. The smallest absolute Gasteiger partial charge is 0.261 e. The molecule has 7 nitrogen and oxygen atoms in total. The zero-order chi connectivity index (χ0) is 22.1. The van der Waals surface area contributed by atoms with E-state index in [1.807, 2.05) is 19.2 Å². The van der Waals surface area contributed by atoms with E-state index < -0.39 is 11.9 Å². The maximum absolute atomic E-state index is 13.3. The molecular weight excluding hydrogens is 404 g/mol. The molecule has 0 heterocycles. The van der Waals surface area contributed by atoms with Gasteiger partial charge in [-0.25, -0.2) is 0 Å². The number of ether oxygens (including phenoxy) is 2. The number of hydrogen-bond acceptors (Lipinski definition) is 6. The number of hydrogen-bond donors (Lipinski definition) is 1. The van der Waals surface area contributed by atoms with Crippen molar-refractivity contribution in [3.63, 3.8) is 0 Å². The number of benzene rings is 2. The van der Waals surface area contributed by atoms with Gasteiger partial charge in [0.2, 0.25) is 12.8 Å². The molecule has 3 amide bonds. The Balaban J connectivity index is 2.48. The summed E-state index contributed by atoms with van der Waals surface area (Å²) in [6.45, 7) is 4.06. The number of methoxy groups -OCH3 is 1. The zero-order valence-electron chi connectivity index (χ0n) is 17.5. The Kier molecular flexibility index (Phi) is 8.73. The molecule has 8 heteroatoms. The number of rotatable bonds is 11. The van der Waals surface area contributed by atoms with Gasteiger partial charge < -0.3 is 14.8 Å². The van der Waals surface area contributed by atoms with Crippen molar-refractivity contribution in [2.24, 2.45) is 0 Å². The second-order valence-electron chi connectivity index (χ2n) is 6.37. The van der Waals surface area contributed by atoms with Crippen molar-refractivity contribution in [1.29, 1.82) is 0 Å². The largest absolute Gasteiger partial charge is 0.493 e. The van der Waals surface area contributed by atoms with Crippen LogP contribution < -0.4 is 14.8 Å². The van der Waals surface area contributed by atoms with Gasteiger partial charge in [0, 0.05) is 17.0 Å². The van der Waals surface area contributed by atoms with E-state index in [1.165, 1.54) is 16.7 Å². The fourth-order valence-electron chi connectivity index (χ4n) is 3.15. The summed E-state index contributed by atoms with van der Waals surface area (Å²) in [6.07, 6.45) is 3.01. The van der Waals surface area contributed by atoms with Crippen molar-refractivity contribution in [2.75, 3.05) is 31.0 Å². The predicted octanol–water partition coefficient (Wildman–Crippen LogP) is 3.67. The van der Waals surface area contributed by atoms with E-state index in [9.17, 15) is 14.4 Å². The van der Waals surface area contributed by atoms with Crippen molar-refractivity contribution < 1.29 is 23.9 Å². The predicted molar refractivity (Wildman–Crippen MR) is 118 cm³/mol. The minimum absolute atomic E-state index is 0.346. The Morgan fingerprint density at radius 3 is 2.60 bits per heavy atom. The summed E-state index contributed by atoms with van der Waals surface area (Å²) in [7, 11) is 1.56. The first-order valence-electron chi connectivity index (χ1n) is 9.39. The molecule has 0 saturated carbocycles. The van der Waals surface area contributed by atoms with Gasteiger partial charge in [-0.15, -0.1) is 0 Å². The first-order valence-corrected chi connectivity index (χ1v) is 10.8. The molecule has 0 saturated heterocycles. The Morgan fingerprint density at radius 2 is 2.00 bits per heavy atom. The average molecular weight is 431 g/mol. The molecular formula is C22H26N2O5S. The molecule has 1 atom stereocenters. The second-order valence-corrected chi connectivity index (χ2v) is 7.28. The van der Waals surface area contributed by atoms with Crippen molar-refractivity contribution in [1.82, 2.24) is 4.90 Å². The highest BCUT2D eigenvalue weighted by Gasteiger charge is 2.28. The van der Waals surface area contributed by atoms with Crippen LogP contribution in [0.4, 0.5) is 5.69 Å². The molecule has 0 aliphatic carbocycles. The number of thioether (sulfide) groups is 1. The van der Waals surface area contributed by atoms with Crippen LogP contribution in [0, 0.1) is 6.92 Å². The molecule has 0 aliphatic rings. The topological polar surface area (TPSA) is 84.9 Å². The van der Waals surface area contributed by atoms with Gasteiger partial charge in [0.15, 0.2) is 11.5 Å². The normalized spacial score (nSPS) is 11.3. The van der Waals surface area contributed by atoms with Gasteiger partial charge in [-0.2, -0.15) is 11.8 Å². The molecule has 1 unspecified atom stereocenters. The number of nitrogens with one attached hydrogen (secondary N) is 1. The van der Waals surface area contributed by atoms with E-state index in [-0.39, 0.29) is 0 Å². The van der Waals surface area contributed by atoms with Gasteiger partial charge in [-0.05, 0) is 55.5 Å². The molecule has 0 aromatic heterocycles. The maximum atomic E-state index is 13.3. The lowest BCUT2D eigenvalue weighted by Gasteiger charge is -2.28. The van der Waals surface area contributed by atoms with Crippen LogP contribution in [0.3, 0.4) is 0 Å². The first-order chi connectivity index (χ1) is 14.5. The SMILES string of the molecule is CCOc1cc(C(CSC)N(C=O)C(=O)c2cccc(NC=O)c2C)ccc1OC. The Morgan fingerprint density at radius 1 is 1.23 bits per heavy atom. The lowest BCUT2D eigenvalue weighted by Crippen LogP contribution is -2.35. The summed E-state index contributed by atoms with van der Waals surface area (Å²) < 4.78 is 11.0. The summed E-state index contributed by atoms with van der Waals surface area (Å²) in [4.78, 5) is 37.3. The quantitative estimate of drug-likeness (QED) is 0.548. The van der Waals surface area contributed by atoms with E-state index in [0.29, 0.717) is 53.5 Å². The van der Waals surface area contributed by atoms with E-state index in [4.69, 9.17) is 9.47 Å². The van der Waals surface area contributed by atoms with E-state index in [1.54, 1.807) is 44.4 Å². The lowest BCUT2D eigenvalue weighted by atomic mass is 10.0. The van der Waals surface area contributed by atoms with Gasteiger partial charge in [-0.1, -0.05) is 12.1 Å². The van der Waals surface area contributed by atoms with Crippen LogP contribution in [-0.2, 0) is 9.59 Å². The van der Waals surface area contributed by atoms with Crippen LogP contribution in [0.5, 0.6) is 11.5 Å². The van der Waals surface area contributed by atoms with Crippen molar-refractivity contribution in [2.45, 2.75) is 19.9 Å². The Hall–Kier alpha value is -3.00. The molecule has 1 N–H and O–H groups in total. The molecule has 0 bridgehead atoms. The minimum Gasteiger partial charge on any atom is -0.493 e. The second kappa shape index (κ2) is 11.3. The fourth-order valence-corrected chi connectivity index (χ4v) is 3.82. The fraction of sp³-hybridized carbons (Fsp3) is 0.318. The highest BCUT2D eigenvalue weighted by atomic mass is 32.2. The third-order valence-corrected chi connectivity index (χ3v) is 5.31. The molecule has 2 aromatic rings. The maximum Gasteiger partial charge on any atom is 0.261 e. The van der Waals surface area contributed by atoms with Crippen molar-refractivity contribution in [3.05, 3.63) is 53.1 Å². The first kappa shape index (κ1) is 23.3. The van der Waals surface area contributed by atoms with Gasteiger partial charge in [0.1, 0.15) is 0 Å². The number of anilines is 1. The minimum atomic E-state index is -0.503. The number of imide groups is 1. The summed E-state index contributed by atoms with van der Waals surface area (Å²) in [5, 5.41) is 2.57. The monoisotopic (exact) mass is 430 g/mol. The molecule has 160 valence electrons. The molecule has 2 rings (SSSR count). The van der Waals surface area contributed by atoms with Crippen LogP contribution in [-0.4, -0.2) is 49.4 Å². The highest BCUT2D eigenvalue weighted by molar-refractivity contribution is 7.98. The molecule has 0 aliphatic heterocycles. The lowest BCUT2D eigenvalue weighted by molar-refractivity contribution is -0.117. The zero-order valence-corrected chi connectivity index (χ0v) is 18.3. The van der Waals surface area contributed by atoms with Gasteiger partial charge >= 0.3 is 0 Å². The molecule has 2 aromatic carbocycles. The van der Waals surface area contributed by atoms with E-state index in [0.717, 1.165) is 5.56 Å². The number of nitrogens with zero attached hydrogens (tertiary/aromatic N) is 1. The number of amides is 3. The molecule has 0 radical (unpaired) electrons. The summed E-state index contributed by atoms with van der Waals surface area (Å²) >= 11 is 1.52. The Labute approximate surface area is 180 Å². The van der Waals surface area contributed by atoms with Crippen molar-refractivity contribution in [3.8, 4) is 11.5 Å². The standard InChI is InChI=1S/C22H26N2O5S/c1-5-29-21-11-16(9-10-20(21)28-3)19(12-30-4)24(14-26)22(27)17-7-6-8-18(15(17)2)23-13-25/h6-11,13-14,19H,5,12H2,1-4H3,(H,23,25). The third-order valence-electron chi connectivity index (χ3n) is 4.66. The molecule has 30 heavy (non-hydrogen) atoms. The highest BCUT2D eigenvalue weighted by Crippen LogP contribution is 2.34. The van der Waals surface area contributed by atoms with Crippen molar-refractivity contribution >= 4 is 36.2 Å². The van der Waals surface area contributed by atoms with E-state index >= 15 is 0 Å². The third kappa shape index (κ3) is 5.13. The van der Waals surface area contributed by atoms with Crippen LogP contribution in [0.15, 0.2) is 36.4 Å². The van der Waals surface area contributed by atoms with Crippen LogP contribution in [0.2, 0.25) is 0 Å². The van der Waals surface area contributed by atoms with Gasteiger partial charge in [0.25, 0.3) is 5.91 Å². The summed E-state index contributed by atoms with van der Waals surface area (Å²) in [6, 6.07) is 9.88. The van der Waals surface area contributed by atoms with Crippen LogP contribution in [0.25, 0.3) is 0 Å². The molecule has 0 fully saturated rings. The number of carbonyl (C=O) groups is 3. The molecule has 0 spiro atoms. The van der Waals surface area contributed by atoms with Crippen LogP contribution in [0.1, 0.15) is 34.5 Å². The number of carbonyl (C=O) groups excluding carboxylic acids is 3. The van der Waals surface area contributed by atoms with E-state index in [2.05, 4.69) is 5.32 Å². The van der Waals surface area contributed by atoms with Crippen LogP contribution >= 0.6 is 11.8 Å². The average Bonchev–Trinajstić information content (AvgIpc) is 2.75. The van der Waals surface area contributed by atoms with Gasteiger partial charge in [0.05, 0.1) is 19.8 Å². The van der Waals surface area contributed by atoms with Gasteiger partial charge in [-0.3, -0.25) is 19.3 Å².